The Morgan fingerprint density at radius 1 is 0.844 bits per heavy atom. The van der Waals surface area contributed by atoms with Gasteiger partial charge in [0.15, 0.2) is 0 Å². The molecule has 0 unspecified atom stereocenters. The van der Waals surface area contributed by atoms with Gasteiger partial charge in [-0.15, -0.1) is 24.8 Å². The van der Waals surface area contributed by atoms with Crippen molar-refractivity contribution in [1.82, 2.24) is 19.4 Å². The van der Waals surface area contributed by atoms with Crippen LogP contribution in [0.5, 0.6) is 0 Å². The number of halogens is 3. The van der Waals surface area contributed by atoms with Gasteiger partial charge >= 0.3 is 0 Å². The van der Waals surface area contributed by atoms with Crippen LogP contribution in [0.25, 0.3) is 21.8 Å². The van der Waals surface area contributed by atoms with E-state index < -0.39 is 0 Å². The van der Waals surface area contributed by atoms with Gasteiger partial charge in [-0.25, -0.2) is 9.37 Å². The van der Waals surface area contributed by atoms with Gasteiger partial charge in [-0.2, -0.15) is 0 Å². The van der Waals surface area contributed by atoms with Crippen LogP contribution in [0.2, 0.25) is 0 Å². The molecule has 5 rings (SSSR count). The Bertz CT molecular complexity index is 1260. The number of para-hydroxylation sites is 1. The number of hydrogen-bond acceptors (Lipinski definition) is 5. The summed E-state index contributed by atoms with van der Waals surface area (Å²) in [7, 11) is 0. The molecule has 0 spiro atoms. The smallest absolute Gasteiger partial charge is 0.262 e. The lowest BCUT2D eigenvalue weighted by Crippen LogP contribution is -2.47. The summed E-state index contributed by atoms with van der Waals surface area (Å²) in [6, 6.07) is 14.4. The maximum absolute atomic E-state index is 13.1. The van der Waals surface area contributed by atoms with E-state index in [1.165, 1.54) is 12.1 Å². The molecule has 9 heteroatoms. The lowest BCUT2D eigenvalue weighted by atomic mass is 10.1. The second-order valence-electron chi connectivity index (χ2n) is 7.59. The fraction of sp³-hybridized carbons (Fsp3) is 0.261. The zero-order chi connectivity index (χ0) is 20.5. The van der Waals surface area contributed by atoms with Gasteiger partial charge in [0.1, 0.15) is 5.82 Å². The molecule has 0 bridgehead atoms. The van der Waals surface area contributed by atoms with E-state index in [9.17, 15) is 9.18 Å². The summed E-state index contributed by atoms with van der Waals surface area (Å²) in [5.74, 6) is -0.213. The van der Waals surface area contributed by atoms with Gasteiger partial charge in [0, 0.05) is 56.5 Å². The number of fused-ring (bicyclic) bond motifs is 3. The molecule has 0 amide bonds. The highest BCUT2D eigenvalue weighted by molar-refractivity contribution is 6.02. The molecule has 0 aliphatic carbocycles. The third-order valence-corrected chi connectivity index (χ3v) is 5.79. The molecule has 2 aromatic carbocycles. The largest absolute Gasteiger partial charge is 0.369 e. The normalized spacial score (nSPS) is 14.2. The molecule has 1 aliphatic heterocycles. The summed E-state index contributed by atoms with van der Waals surface area (Å²) in [5, 5.41) is 1.45. The Labute approximate surface area is 197 Å². The van der Waals surface area contributed by atoms with E-state index in [2.05, 4.69) is 19.8 Å². The Kier molecular flexibility index (Phi) is 7.66. The monoisotopic (exact) mass is 475 g/mol. The Morgan fingerprint density at radius 3 is 2.31 bits per heavy atom. The molecule has 32 heavy (non-hydrogen) atoms. The van der Waals surface area contributed by atoms with Crippen LogP contribution in [-0.4, -0.2) is 52.2 Å². The minimum Gasteiger partial charge on any atom is -0.369 e. The van der Waals surface area contributed by atoms with Gasteiger partial charge in [0.05, 0.1) is 22.7 Å². The second kappa shape index (κ2) is 10.3. The molecule has 1 aliphatic rings. The van der Waals surface area contributed by atoms with Crippen LogP contribution >= 0.6 is 24.8 Å². The highest BCUT2D eigenvalue weighted by Crippen LogP contribution is 2.19. The first-order valence-electron chi connectivity index (χ1n) is 10.1. The van der Waals surface area contributed by atoms with E-state index in [1.807, 2.05) is 36.4 Å². The zero-order valence-corrected chi connectivity index (χ0v) is 19.0. The predicted molar refractivity (Wildman–Crippen MR) is 131 cm³/mol. The Hall–Kier alpha value is -2.74. The molecular weight excluding hydrogens is 452 g/mol. The molecule has 6 nitrogen and oxygen atoms in total. The van der Waals surface area contributed by atoms with Crippen LogP contribution in [-0.2, 0) is 6.54 Å². The maximum Gasteiger partial charge on any atom is 0.262 e. The number of anilines is 1. The third-order valence-electron chi connectivity index (χ3n) is 5.79. The fourth-order valence-electron chi connectivity index (χ4n) is 4.05. The van der Waals surface area contributed by atoms with Crippen molar-refractivity contribution in [2.45, 2.75) is 6.54 Å². The third kappa shape index (κ3) is 4.70. The first-order chi connectivity index (χ1) is 14.7. The van der Waals surface area contributed by atoms with Crippen molar-refractivity contribution in [3.05, 3.63) is 77.2 Å². The van der Waals surface area contributed by atoms with Crippen LogP contribution in [0.4, 0.5) is 10.1 Å². The second-order valence-corrected chi connectivity index (χ2v) is 7.59. The lowest BCUT2D eigenvalue weighted by molar-refractivity contribution is 0.247. The highest BCUT2D eigenvalue weighted by atomic mass is 35.5. The van der Waals surface area contributed by atoms with Gasteiger partial charge < -0.3 is 4.90 Å². The van der Waals surface area contributed by atoms with Crippen molar-refractivity contribution in [1.29, 1.82) is 0 Å². The first kappa shape index (κ1) is 23.9. The Morgan fingerprint density at radius 2 is 1.56 bits per heavy atom. The molecule has 0 radical (unpaired) electrons. The summed E-state index contributed by atoms with van der Waals surface area (Å²) >= 11 is 0. The van der Waals surface area contributed by atoms with Crippen LogP contribution < -0.4 is 10.5 Å². The quantitative estimate of drug-likeness (QED) is 0.420. The van der Waals surface area contributed by atoms with Gasteiger partial charge in [0.25, 0.3) is 5.56 Å². The number of piperazine rings is 1. The number of aromatic nitrogens is 3. The van der Waals surface area contributed by atoms with Gasteiger partial charge in [0.2, 0.25) is 0 Å². The topological polar surface area (TPSA) is 54.3 Å². The van der Waals surface area contributed by atoms with Gasteiger partial charge in [-0.3, -0.25) is 19.2 Å². The summed E-state index contributed by atoms with van der Waals surface area (Å²) < 4.78 is 14.8. The molecule has 0 atom stereocenters. The molecule has 3 heterocycles. The number of hydrogen-bond donors (Lipinski definition) is 0. The van der Waals surface area contributed by atoms with Crippen LogP contribution in [0, 0.1) is 5.82 Å². The average molecular weight is 476 g/mol. The van der Waals surface area contributed by atoms with E-state index in [0.29, 0.717) is 17.4 Å². The summed E-state index contributed by atoms with van der Waals surface area (Å²) in [5.41, 5.74) is 2.54. The van der Waals surface area contributed by atoms with Crippen molar-refractivity contribution in [3.63, 3.8) is 0 Å². The van der Waals surface area contributed by atoms with Crippen molar-refractivity contribution in [3.8, 4) is 0 Å². The molecule has 4 aromatic rings. The maximum atomic E-state index is 13.1. The molecule has 1 saturated heterocycles. The fourth-order valence-corrected chi connectivity index (χ4v) is 4.05. The van der Waals surface area contributed by atoms with Gasteiger partial charge in [-0.1, -0.05) is 18.2 Å². The predicted octanol–water partition coefficient (Wildman–Crippen LogP) is 3.75. The number of rotatable bonds is 4. The van der Waals surface area contributed by atoms with E-state index in [0.717, 1.165) is 49.3 Å². The molecule has 1 fully saturated rings. The Balaban J connectivity index is 0.00000144. The minimum atomic E-state index is -0.213. The van der Waals surface area contributed by atoms with E-state index >= 15 is 0 Å². The minimum absolute atomic E-state index is 0. The summed E-state index contributed by atoms with van der Waals surface area (Å²) in [6.45, 7) is 4.94. The first-order valence-corrected chi connectivity index (χ1v) is 10.1. The number of pyridine rings is 1. The van der Waals surface area contributed by atoms with Crippen molar-refractivity contribution in [2.75, 3.05) is 37.6 Å². The molecule has 0 saturated carbocycles. The SMILES string of the molecule is Cl.Cl.O=c1c2cnc3ccccc3c2ncn1CCN1CCN(c2ccc(F)cc2)CC1. The van der Waals surface area contributed by atoms with E-state index in [4.69, 9.17) is 0 Å². The number of nitrogens with zero attached hydrogens (tertiary/aromatic N) is 5. The van der Waals surface area contributed by atoms with Crippen molar-refractivity contribution in [2.24, 2.45) is 0 Å². The van der Waals surface area contributed by atoms with Crippen molar-refractivity contribution >= 4 is 52.3 Å². The van der Waals surface area contributed by atoms with Crippen LogP contribution in [0.15, 0.2) is 65.8 Å². The molecule has 0 N–H and O–H groups in total. The van der Waals surface area contributed by atoms with E-state index in [1.54, 1.807) is 17.1 Å². The highest BCUT2D eigenvalue weighted by Gasteiger charge is 2.17. The molecule has 2 aromatic heterocycles. The van der Waals surface area contributed by atoms with Gasteiger partial charge in [-0.05, 0) is 30.3 Å². The van der Waals surface area contributed by atoms with E-state index in [-0.39, 0.29) is 36.2 Å². The number of benzene rings is 2. The average Bonchev–Trinajstić information content (AvgIpc) is 2.79. The standard InChI is InChI=1S/C23H22FN5O.2ClH/c24-17-5-7-18(8-6-17)28-12-9-27(10-13-28)11-14-29-16-26-22-19-3-1-2-4-21(19)25-15-20(22)23(29)30;;/h1-8,15-16H,9-14H2;2*1H. The summed E-state index contributed by atoms with van der Waals surface area (Å²) in [4.78, 5) is 26.5. The molecule has 168 valence electrons. The van der Waals surface area contributed by atoms with Crippen LogP contribution in [0.1, 0.15) is 0 Å². The lowest BCUT2D eigenvalue weighted by Gasteiger charge is -2.36. The zero-order valence-electron chi connectivity index (χ0n) is 17.4. The molecular formula is C23H24Cl2FN5O. The van der Waals surface area contributed by atoms with Crippen LogP contribution in [0.3, 0.4) is 0 Å². The van der Waals surface area contributed by atoms with Crippen molar-refractivity contribution < 1.29 is 4.39 Å². The summed E-state index contributed by atoms with van der Waals surface area (Å²) in [6.07, 6.45) is 3.27.